The van der Waals surface area contributed by atoms with E-state index in [1.54, 1.807) is 27.9 Å². The van der Waals surface area contributed by atoms with Gasteiger partial charge in [0.05, 0.1) is 12.7 Å². The summed E-state index contributed by atoms with van der Waals surface area (Å²) in [5.41, 5.74) is 1.95. The molecular weight excluding hydrogens is 236 g/mol. The van der Waals surface area contributed by atoms with Crippen LogP contribution in [0.25, 0.3) is 11.1 Å². The summed E-state index contributed by atoms with van der Waals surface area (Å²) in [4.78, 5) is 0. The van der Waals surface area contributed by atoms with Crippen LogP contribution in [0.15, 0.2) is 54.6 Å². The second kappa shape index (κ2) is 6.95. The molecule has 2 aromatic rings. The number of rotatable bonds is 2. The number of benzene rings is 2. The van der Waals surface area contributed by atoms with Gasteiger partial charge in [0, 0.05) is 0 Å². The first-order chi connectivity index (χ1) is 8.90. The summed E-state index contributed by atoms with van der Waals surface area (Å²) in [5, 5.41) is 8.52. The number of methoxy groups -OCH3 is 1. The Morgan fingerprint density at radius 3 is 1.63 bits per heavy atom. The van der Waals surface area contributed by atoms with E-state index in [4.69, 9.17) is 9.84 Å². The normalized spacial score (nSPS) is 10.4. The van der Waals surface area contributed by atoms with Gasteiger partial charge in [0.1, 0.15) is 5.75 Å². The summed E-state index contributed by atoms with van der Waals surface area (Å²) < 4.78 is 5.11. The van der Waals surface area contributed by atoms with E-state index < -0.39 is 5.60 Å². The van der Waals surface area contributed by atoms with Gasteiger partial charge in [-0.05, 0) is 44.0 Å². The Morgan fingerprint density at radius 1 is 0.789 bits per heavy atom. The first-order valence-corrected chi connectivity index (χ1v) is 6.32. The molecule has 0 radical (unpaired) electrons. The third kappa shape index (κ3) is 6.63. The summed E-state index contributed by atoms with van der Waals surface area (Å²) in [5.74, 6) is 0.893. The molecule has 2 heteroatoms. The van der Waals surface area contributed by atoms with Crippen LogP contribution < -0.4 is 4.74 Å². The summed E-state index contributed by atoms with van der Waals surface area (Å²) in [7, 11) is 1.68. The van der Waals surface area contributed by atoms with Crippen LogP contribution >= 0.6 is 0 Å². The van der Waals surface area contributed by atoms with Crippen LogP contribution in [0.2, 0.25) is 0 Å². The van der Waals surface area contributed by atoms with E-state index in [0.29, 0.717) is 0 Å². The predicted molar refractivity (Wildman–Crippen MR) is 80.4 cm³/mol. The molecule has 102 valence electrons. The number of ether oxygens (including phenoxy) is 1. The van der Waals surface area contributed by atoms with Gasteiger partial charge in [-0.15, -0.1) is 0 Å². The van der Waals surface area contributed by atoms with Gasteiger partial charge in [-0.25, -0.2) is 0 Å². The average molecular weight is 258 g/mol. The highest BCUT2D eigenvalue weighted by atomic mass is 16.5. The fourth-order valence-electron chi connectivity index (χ4n) is 1.41. The van der Waals surface area contributed by atoms with Gasteiger partial charge in [0.2, 0.25) is 0 Å². The first-order valence-electron chi connectivity index (χ1n) is 6.32. The number of hydrogen-bond donors (Lipinski definition) is 1. The van der Waals surface area contributed by atoms with Crippen molar-refractivity contribution in [1.82, 2.24) is 0 Å². The molecule has 0 fully saturated rings. The molecule has 0 bridgehead atoms. The Kier molecular flexibility index (Phi) is 5.58. The van der Waals surface area contributed by atoms with Gasteiger partial charge in [-0.1, -0.05) is 42.5 Å². The van der Waals surface area contributed by atoms with Crippen molar-refractivity contribution in [1.29, 1.82) is 0 Å². The lowest BCUT2D eigenvalue weighted by Crippen LogP contribution is -2.10. The SMILES string of the molecule is CC(C)(C)O.COc1ccc(-c2ccccc2)cc1. The van der Waals surface area contributed by atoms with Gasteiger partial charge in [0.25, 0.3) is 0 Å². The van der Waals surface area contributed by atoms with Crippen molar-refractivity contribution in [3.8, 4) is 16.9 Å². The lowest BCUT2D eigenvalue weighted by molar-refractivity contribution is 0.102. The van der Waals surface area contributed by atoms with Crippen LogP contribution in [0.5, 0.6) is 5.75 Å². The van der Waals surface area contributed by atoms with Crippen molar-refractivity contribution < 1.29 is 9.84 Å². The molecule has 0 unspecified atom stereocenters. The zero-order chi connectivity index (χ0) is 14.3. The molecule has 0 atom stereocenters. The molecule has 1 N–H and O–H groups in total. The largest absolute Gasteiger partial charge is 0.497 e. The fourth-order valence-corrected chi connectivity index (χ4v) is 1.41. The molecule has 0 spiro atoms. The summed E-state index contributed by atoms with van der Waals surface area (Å²) in [6.45, 7) is 5.23. The molecule has 2 aromatic carbocycles. The van der Waals surface area contributed by atoms with Crippen LogP contribution in [0.1, 0.15) is 20.8 Å². The topological polar surface area (TPSA) is 29.5 Å². The van der Waals surface area contributed by atoms with Crippen LogP contribution in [0.3, 0.4) is 0 Å². The van der Waals surface area contributed by atoms with Gasteiger partial charge in [0.15, 0.2) is 0 Å². The van der Waals surface area contributed by atoms with E-state index in [1.807, 2.05) is 30.3 Å². The van der Waals surface area contributed by atoms with E-state index in [-0.39, 0.29) is 0 Å². The molecule has 0 aliphatic carbocycles. The summed E-state index contributed by atoms with van der Waals surface area (Å²) >= 11 is 0. The van der Waals surface area contributed by atoms with Crippen LogP contribution in [-0.2, 0) is 0 Å². The van der Waals surface area contributed by atoms with Crippen molar-refractivity contribution in [3.63, 3.8) is 0 Å². The lowest BCUT2D eigenvalue weighted by Gasteiger charge is -2.04. The number of aliphatic hydroxyl groups is 1. The quantitative estimate of drug-likeness (QED) is 0.877. The molecule has 0 heterocycles. The van der Waals surface area contributed by atoms with E-state index >= 15 is 0 Å². The first kappa shape index (κ1) is 15.3. The minimum absolute atomic E-state index is 0.500. The Labute approximate surface area is 115 Å². The molecule has 2 rings (SSSR count). The highest BCUT2D eigenvalue weighted by Gasteiger charge is 1.98. The Morgan fingerprint density at radius 2 is 1.21 bits per heavy atom. The van der Waals surface area contributed by atoms with Crippen LogP contribution in [0.4, 0.5) is 0 Å². The molecule has 0 aromatic heterocycles. The zero-order valence-electron chi connectivity index (χ0n) is 12.1. The van der Waals surface area contributed by atoms with Crippen molar-refractivity contribution in [2.75, 3.05) is 7.11 Å². The molecule has 0 saturated heterocycles. The third-order valence-electron chi connectivity index (χ3n) is 2.20. The third-order valence-corrected chi connectivity index (χ3v) is 2.20. The van der Waals surface area contributed by atoms with Gasteiger partial charge < -0.3 is 9.84 Å². The average Bonchev–Trinajstić information content (AvgIpc) is 2.38. The highest BCUT2D eigenvalue weighted by molar-refractivity contribution is 5.63. The van der Waals surface area contributed by atoms with E-state index in [9.17, 15) is 0 Å². The predicted octanol–water partition coefficient (Wildman–Crippen LogP) is 4.14. The maximum Gasteiger partial charge on any atom is 0.118 e. The minimum atomic E-state index is -0.500. The highest BCUT2D eigenvalue weighted by Crippen LogP contribution is 2.21. The van der Waals surface area contributed by atoms with Gasteiger partial charge in [-0.3, -0.25) is 0 Å². The van der Waals surface area contributed by atoms with Crippen molar-refractivity contribution >= 4 is 0 Å². The molecule has 0 aliphatic rings. The molecule has 0 aliphatic heterocycles. The standard InChI is InChI=1S/C13H12O.C4H10O/c1-14-13-9-7-12(8-10-13)11-5-3-2-4-6-11;1-4(2,3)5/h2-10H,1H3;5H,1-3H3. The van der Waals surface area contributed by atoms with Crippen molar-refractivity contribution in [2.24, 2.45) is 0 Å². The van der Waals surface area contributed by atoms with E-state index in [1.165, 1.54) is 11.1 Å². The Hall–Kier alpha value is -1.80. The Bertz CT molecular complexity index is 461. The molecule has 2 nitrogen and oxygen atoms in total. The monoisotopic (exact) mass is 258 g/mol. The lowest BCUT2D eigenvalue weighted by atomic mass is 10.1. The Balaban J connectivity index is 0.000000312. The maximum atomic E-state index is 8.52. The second-order valence-corrected chi connectivity index (χ2v) is 5.27. The molecule has 0 saturated carbocycles. The molecule has 0 amide bonds. The second-order valence-electron chi connectivity index (χ2n) is 5.27. The zero-order valence-corrected chi connectivity index (χ0v) is 12.1. The smallest absolute Gasteiger partial charge is 0.118 e. The van der Waals surface area contributed by atoms with Crippen LogP contribution in [0, 0.1) is 0 Å². The summed E-state index contributed by atoms with van der Waals surface area (Å²) in [6, 6.07) is 18.4. The van der Waals surface area contributed by atoms with Gasteiger partial charge in [-0.2, -0.15) is 0 Å². The van der Waals surface area contributed by atoms with E-state index in [2.05, 4.69) is 24.3 Å². The number of hydrogen-bond acceptors (Lipinski definition) is 2. The molecular formula is C17H22O2. The fraction of sp³-hybridized carbons (Fsp3) is 0.294. The summed E-state index contributed by atoms with van der Waals surface area (Å²) in [6.07, 6.45) is 0. The van der Waals surface area contributed by atoms with E-state index in [0.717, 1.165) is 5.75 Å². The van der Waals surface area contributed by atoms with Gasteiger partial charge >= 0.3 is 0 Å². The van der Waals surface area contributed by atoms with Crippen LogP contribution in [-0.4, -0.2) is 17.8 Å². The van der Waals surface area contributed by atoms with Crippen molar-refractivity contribution in [3.05, 3.63) is 54.6 Å². The molecule has 19 heavy (non-hydrogen) atoms. The minimum Gasteiger partial charge on any atom is -0.497 e. The maximum absolute atomic E-state index is 8.52. The van der Waals surface area contributed by atoms with Crippen molar-refractivity contribution in [2.45, 2.75) is 26.4 Å².